The summed E-state index contributed by atoms with van der Waals surface area (Å²) in [5, 5.41) is 0.599. The molecule has 0 aliphatic heterocycles. The van der Waals surface area contributed by atoms with Crippen LogP contribution in [0.15, 0.2) is 29.3 Å². The highest BCUT2D eigenvalue weighted by atomic mass is 32.1. The van der Waals surface area contributed by atoms with E-state index in [9.17, 15) is 9.59 Å². The second kappa shape index (κ2) is 8.11. The van der Waals surface area contributed by atoms with Crippen LogP contribution in [0.1, 0.15) is 42.7 Å². The maximum absolute atomic E-state index is 13.2. The molecule has 1 aliphatic rings. The van der Waals surface area contributed by atoms with E-state index in [4.69, 9.17) is 4.74 Å². The van der Waals surface area contributed by atoms with Gasteiger partial charge in [-0.05, 0) is 55.2 Å². The van der Waals surface area contributed by atoms with Gasteiger partial charge in [-0.1, -0.05) is 32.0 Å². The summed E-state index contributed by atoms with van der Waals surface area (Å²) < 4.78 is 6.59. The Kier molecular flexibility index (Phi) is 5.54. The molecular formula is C23H26N2O3S. The molecule has 0 spiro atoms. The summed E-state index contributed by atoms with van der Waals surface area (Å²) in [6, 6.07) is 6.55. The highest BCUT2D eigenvalue weighted by Crippen LogP contribution is 2.37. The van der Waals surface area contributed by atoms with Gasteiger partial charge in [-0.2, -0.15) is 0 Å². The standard InChI is InChI=1S/C23H26N2O3S/c1-14(2)12-28-19(26)11-25-13-24-22-21(23(25)27)20(15(3)29-22)18-9-8-16-6-4-5-7-17(16)10-18/h8-10,13-14H,4-7,11-12H2,1-3H3. The van der Waals surface area contributed by atoms with Crippen LogP contribution in [0.5, 0.6) is 0 Å². The molecule has 4 rings (SSSR count). The molecule has 3 aromatic rings. The highest BCUT2D eigenvalue weighted by Gasteiger charge is 2.19. The minimum atomic E-state index is -0.413. The molecule has 1 aliphatic carbocycles. The molecule has 2 aromatic heterocycles. The molecule has 0 saturated heterocycles. The fourth-order valence-electron chi connectivity index (χ4n) is 3.93. The minimum Gasteiger partial charge on any atom is -0.464 e. The topological polar surface area (TPSA) is 61.2 Å². The van der Waals surface area contributed by atoms with Crippen molar-refractivity contribution < 1.29 is 9.53 Å². The highest BCUT2D eigenvalue weighted by molar-refractivity contribution is 7.19. The van der Waals surface area contributed by atoms with Crippen molar-refractivity contribution in [2.75, 3.05) is 6.61 Å². The number of nitrogens with zero attached hydrogens (tertiary/aromatic N) is 2. The largest absolute Gasteiger partial charge is 0.464 e. The molecule has 1 aromatic carbocycles. The molecule has 5 nitrogen and oxygen atoms in total. The SMILES string of the molecule is Cc1sc2ncn(CC(=O)OCC(C)C)c(=O)c2c1-c1ccc2c(c1)CCCC2. The Hall–Kier alpha value is -2.47. The van der Waals surface area contributed by atoms with E-state index in [-0.39, 0.29) is 18.0 Å². The van der Waals surface area contributed by atoms with Crippen LogP contribution in [0.4, 0.5) is 0 Å². The number of thiophene rings is 1. The number of esters is 1. The molecule has 0 atom stereocenters. The van der Waals surface area contributed by atoms with Crippen molar-refractivity contribution in [3.63, 3.8) is 0 Å². The van der Waals surface area contributed by atoms with Crippen LogP contribution in [0.2, 0.25) is 0 Å². The Morgan fingerprint density at radius 2 is 2.00 bits per heavy atom. The summed E-state index contributed by atoms with van der Waals surface area (Å²) in [4.78, 5) is 31.6. The number of hydrogen-bond donors (Lipinski definition) is 0. The molecule has 0 bridgehead atoms. The van der Waals surface area contributed by atoms with Crippen LogP contribution in [0, 0.1) is 12.8 Å². The maximum atomic E-state index is 13.2. The molecule has 0 amide bonds. The molecule has 0 saturated carbocycles. The average molecular weight is 411 g/mol. The molecule has 29 heavy (non-hydrogen) atoms. The summed E-state index contributed by atoms with van der Waals surface area (Å²) in [5.41, 5.74) is 4.62. The number of carbonyl (C=O) groups excluding carboxylic acids is 1. The first-order chi connectivity index (χ1) is 13.9. The van der Waals surface area contributed by atoms with Gasteiger partial charge in [0.25, 0.3) is 5.56 Å². The van der Waals surface area contributed by atoms with Gasteiger partial charge in [-0.3, -0.25) is 14.2 Å². The van der Waals surface area contributed by atoms with Gasteiger partial charge in [0, 0.05) is 10.4 Å². The van der Waals surface area contributed by atoms with Gasteiger partial charge in [0.2, 0.25) is 0 Å². The lowest BCUT2D eigenvalue weighted by molar-refractivity contribution is -0.145. The number of rotatable bonds is 5. The van der Waals surface area contributed by atoms with Gasteiger partial charge in [0.15, 0.2) is 0 Å². The van der Waals surface area contributed by atoms with Gasteiger partial charge >= 0.3 is 5.97 Å². The molecular weight excluding hydrogens is 384 g/mol. The Balaban J connectivity index is 1.74. The van der Waals surface area contributed by atoms with Crippen molar-refractivity contribution in [2.24, 2.45) is 5.92 Å². The van der Waals surface area contributed by atoms with Gasteiger partial charge in [-0.25, -0.2) is 4.98 Å². The van der Waals surface area contributed by atoms with E-state index < -0.39 is 5.97 Å². The van der Waals surface area contributed by atoms with E-state index in [1.165, 1.54) is 46.2 Å². The zero-order valence-electron chi connectivity index (χ0n) is 17.2. The molecule has 0 radical (unpaired) electrons. The first-order valence-electron chi connectivity index (χ1n) is 10.2. The Bertz CT molecular complexity index is 1130. The summed E-state index contributed by atoms with van der Waals surface area (Å²) in [7, 11) is 0. The molecule has 0 fully saturated rings. The first-order valence-corrected chi connectivity index (χ1v) is 11.0. The lowest BCUT2D eigenvalue weighted by Gasteiger charge is -2.16. The quantitative estimate of drug-likeness (QED) is 0.581. The van der Waals surface area contributed by atoms with Crippen LogP contribution in [0.25, 0.3) is 21.3 Å². The van der Waals surface area contributed by atoms with Gasteiger partial charge < -0.3 is 4.74 Å². The normalized spacial score (nSPS) is 13.7. The number of fused-ring (bicyclic) bond motifs is 2. The fraction of sp³-hybridized carbons (Fsp3) is 0.435. The van der Waals surface area contributed by atoms with Gasteiger partial charge in [0.05, 0.1) is 18.3 Å². The second-order valence-electron chi connectivity index (χ2n) is 8.16. The number of hydrogen-bond acceptors (Lipinski definition) is 5. The number of benzene rings is 1. The van der Waals surface area contributed by atoms with Crippen molar-refractivity contribution in [3.05, 3.63) is 50.9 Å². The monoisotopic (exact) mass is 410 g/mol. The molecule has 6 heteroatoms. The number of ether oxygens (including phenoxy) is 1. The van der Waals surface area contributed by atoms with E-state index in [1.807, 2.05) is 20.8 Å². The Labute approximate surface area is 174 Å². The predicted molar refractivity (Wildman–Crippen MR) is 116 cm³/mol. The zero-order valence-corrected chi connectivity index (χ0v) is 18.0. The van der Waals surface area contributed by atoms with Crippen molar-refractivity contribution in [1.82, 2.24) is 9.55 Å². The zero-order chi connectivity index (χ0) is 20.5. The minimum absolute atomic E-state index is 0.118. The van der Waals surface area contributed by atoms with E-state index in [2.05, 4.69) is 23.2 Å². The number of aryl methyl sites for hydroxylation is 3. The van der Waals surface area contributed by atoms with Crippen LogP contribution >= 0.6 is 11.3 Å². The Morgan fingerprint density at radius 1 is 1.24 bits per heavy atom. The lowest BCUT2D eigenvalue weighted by atomic mass is 9.89. The summed E-state index contributed by atoms with van der Waals surface area (Å²) in [5.74, 6) is -0.157. The molecule has 2 heterocycles. The molecule has 0 N–H and O–H groups in total. The summed E-state index contributed by atoms with van der Waals surface area (Å²) >= 11 is 1.53. The fourth-order valence-corrected chi connectivity index (χ4v) is 4.93. The lowest BCUT2D eigenvalue weighted by Crippen LogP contribution is -2.26. The average Bonchev–Trinajstić information content (AvgIpc) is 3.05. The van der Waals surface area contributed by atoms with E-state index in [1.54, 1.807) is 0 Å². The summed E-state index contributed by atoms with van der Waals surface area (Å²) in [6.45, 7) is 6.22. The third-order valence-electron chi connectivity index (χ3n) is 5.37. The van der Waals surface area contributed by atoms with E-state index >= 15 is 0 Å². The van der Waals surface area contributed by atoms with E-state index in [0.717, 1.165) is 28.8 Å². The first kappa shape index (κ1) is 19.8. The van der Waals surface area contributed by atoms with Crippen molar-refractivity contribution in [3.8, 4) is 11.1 Å². The van der Waals surface area contributed by atoms with Crippen molar-refractivity contribution in [2.45, 2.75) is 53.0 Å². The summed E-state index contributed by atoms with van der Waals surface area (Å²) in [6.07, 6.45) is 6.13. The van der Waals surface area contributed by atoms with Crippen molar-refractivity contribution >= 4 is 27.5 Å². The number of aromatic nitrogens is 2. The Morgan fingerprint density at radius 3 is 2.76 bits per heavy atom. The van der Waals surface area contributed by atoms with Crippen molar-refractivity contribution in [1.29, 1.82) is 0 Å². The third-order valence-corrected chi connectivity index (χ3v) is 6.38. The maximum Gasteiger partial charge on any atom is 0.326 e. The predicted octanol–water partition coefficient (Wildman–Crippen LogP) is 4.51. The third kappa shape index (κ3) is 3.99. The van der Waals surface area contributed by atoms with Gasteiger partial charge in [-0.15, -0.1) is 11.3 Å². The second-order valence-corrected chi connectivity index (χ2v) is 9.36. The molecule has 0 unspecified atom stereocenters. The van der Waals surface area contributed by atoms with Crippen LogP contribution in [0.3, 0.4) is 0 Å². The smallest absolute Gasteiger partial charge is 0.326 e. The van der Waals surface area contributed by atoms with E-state index in [0.29, 0.717) is 16.8 Å². The number of carbonyl (C=O) groups is 1. The molecule has 152 valence electrons. The van der Waals surface area contributed by atoms with Crippen LogP contribution in [-0.2, 0) is 28.9 Å². The van der Waals surface area contributed by atoms with Gasteiger partial charge in [0.1, 0.15) is 11.4 Å². The van der Waals surface area contributed by atoms with Crippen LogP contribution < -0.4 is 5.56 Å². The van der Waals surface area contributed by atoms with Crippen LogP contribution in [-0.4, -0.2) is 22.1 Å².